The van der Waals surface area contributed by atoms with Crippen LogP contribution in [0.5, 0.6) is 0 Å². The van der Waals surface area contributed by atoms with E-state index in [1.54, 1.807) is 11.4 Å². The minimum Gasteiger partial charge on any atom is -0.455 e. The van der Waals surface area contributed by atoms with E-state index in [2.05, 4.69) is 4.98 Å². The predicted octanol–water partition coefficient (Wildman–Crippen LogP) is 4.31. The second-order valence-corrected chi connectivity index (χ2v) is 6.49. The van der Waals surface area contributed by atoms with Crippen LogP contribution in [0.1, 0.15) is 16.1 Å². The Morgan fingerprint density at radius 3 is 2.77 bits per heavy atom. The number of aromatic nitrogens is 1. The van der Waals surface area contributed by atoms with Crippen molar-refractivity contribution in [3.05, 3.63) is 74.2 Å². The fourth-order valence-electron chi connectivity index (χ4n) is 2.20. The molecule has 1 heterocycles. The Morgan fingerprint density at radius 1 is 1.31 bits per heavy atom. The lowest BCUT2D eigenvalue weighted by atomic mass is 10.1. The largest absolute Gasteiger partial charge is 0.455 e. The van der Waals surface area contributed by atoms with Gasteiger partial charge in [0.25, 0.3) is 5.69 Å². The summed E-state index contributed by atoms with van der Waals surface area (Å²) in [4.78, 5) is 26.7. The molecule has 0 unspecified atom stereocenters. The van der Waals surface area contributed by atoms with Gasteiger partial charge in [-0.2, -0.15) is 0 Å². The van der Waals surface area contributed by atoms with E-state index < -0.39 is 10.9 Å². The first-order valence-electron chi connectivity index (χ1n) is 7.36. The van der Waals surface area contributed by atoms with E-state index in [1.165, 1.54) is 23.5 Å². The van der Waals surface area contributed by atoms with Gasteiger partial charge in [-0.1, -0.05) is 29.8 Å². The van der Waals surface area contributed by atoms with E-state index in [4.69, 9.17) is 22.1 Å². The molecule has 3 rings (SSSR count). The summed E-state index contributed by atoms with van der Waals surface area (Å²) in [6.45, 7) is -0.0454. The number of carbonyl (C=O) groups is 1. The number of ether oxygens (including phenoxy) is 1. The van der Waals surface area contributed by atoms with E-state index in [-0.39, 0.29) is 23.5 Å². The number of non-ortho nitro benzene ring substituents is 1. The number of rotatable bonds is 5. The lowest BCUT2D eigenvalue weighted by Gasteiger charge is -2.05. The number of halogens is 1. The van der Waals surface area contributed by atoms with Crippen molar-refractivity contribution in [1.82, 2.24) is 4.98 Å². The molecule has 0 radical (unpaired) electrons. The monoisotopic (exact) mass is 389 g/mol. The first-order valence-corrected chi connectivity index (χ1v) is 8.62. The summed E-state index contributed by atoms with van der Waals surface area (Å²) in [5, 5.41) is 13.8. The van der Waals surface area contributed by atoms with Crippen molar-refractivity contribution in [2.24, 2.45) is 0 Å². The topological polar surface area (TPSA) is 108 Å². The lowest BCUT2D eigenvalue weighted by Crippen LogP contribution is -2.08. The molecule has 2 N–H and O–H groups in total. The van der Waals surface area contributed by atoms with E-state index in [9.17, 15) is 14.9 Å². The summed E-state index contributed by atoms with van der Waals surface area (Å²) >= 11 is 7.53. The minimum absolute atomic E-state index is 0.0146. The zero-order chi connectivity index (χ0) is 18.7. The zero-order valence-corrected chi connectivity index (χ0v) is 14.8. The molecule has 0 atom stereocenters. The maximum atomic E-state index is 12.1. The minimum atomic E-state index is -0.676. The molecule has 0 fully saturated rings. The van der Waals surface area contributed by atoms with Crippen molar-refractivity contribution in [3.63, 3.8) is 0 Å². The number of hydrogen-bond acceptors (Lipinski definition) is 7. The van der Waals surface area contributed by atoms with Crippen molar-refractivity contribution >= 4 is 40.3 Å². The van der Waals surface area contributed by atoms with E-state index in [1.807, 2.05) is 18.2 Å². The maximum absolute atomic E-state index is 12.1. The van der Waals surface area contributed by atoms with Crippen LogP contribution in [-0.4, -0.2) is 15.9 Å². The molecule has 0 amide bonds. The van der Waals surface area contributed by atoms with Gasteiger partial charge in [0, 0.05) is 23.1 Å². The second kappa shape index (κ2) is 7.51. The van der Waals surface area contributed by atoms with Crippen LogP contribution in [0.25, 0.3) is 10.6 Å². The Morgan fingerprint density at radius 2 is 2.08 bits per heavy atom. The fourth-order valence-corrected chi connectivity index (χ4v) is 3.32. The van der Waals surface area contributed by atoms with Crippen LogP contribution in [0.15, 0.2) is 47.8 Å². The Labute approximate surface area is 157 Å². The number of anilines is 1. The number of nitrogens with zero attached hydrogens (tertiary/aromatic N) is 2. The van der Waals surface area contributed by atoms with Crippen molar-refractivity contribution in [2.45, 2.75) is 6.61 Å². The number of benzene rings is 2. The summed E-state index contributed by atoms with van der Waals surface area (Å²) in [6, 6.07) is 10.9. The molecular formula is C17H12ClN3O4S. The molecule has 3 aromatic rings. The molecule has 0 saturated carbocycles. The Balaban J connectivity index is 1.69. The van der Waals surface area contributed by atoms with E-state index in [0.717, 1.165) is 16.6 Å². The van der Waals surface area contributed by atoms with Gasteiger partial charge in [-0.15, -0.1) is 11.3 Å². The summed E-state index contributed by atoms with van der Waals surface area (Å²) in [6.07, 6.45) is 0. The SMILES string of the molecule is Nc1cc([N+](=O)[O-])ccc1C(=O)OCc1csc(-c2ccccc2Cl)n1. The average Bonchev–Trinajstić information content (AvgIpc) is 3.08. The van der Waals surface area contributed by atoms with E-state index >= 15 is 0 Å². The van der Waals surface area contributed by atoms with Gasteiger partial charge in [0.2, 0.25) is 0 Å². The number of nitro benzene ring substituents is 1. The summed E-state index contributed by atoms with van der Waals surface area (Å²) in [7, 11) is 0. The molecule has 0 spiro atoms. The first kappa shape index (κ1) is 17.8. The third-order valence-corrected chi connectivity index (χ3v) is 4.73. The van der Waals surface area contributed by atoms with Gasteiger partial charge < -0.3 is 10.5 Å². The van der Waals surface area contributed by atoms with E-state index in [0.29, 0.717) is 10.7 Å². The predicted molar refractivity (Wildman–Crippen MR) is 99.2 cm³/mol. The third kappa shape index (κ3) is 3.81. The highest BCUT2D eigenvalue weighted by Crippen LogP contribution is 2.30. The number of esters is 1. The van der Waals surface area contributed by atoms with Gasteiger partial charge in [-0.05, 0) is 12.1 Å². The average molecular weight is 390 g/mol. The highest BCUT2D eigenvalue weighted by atomic mass is 35.5. The Bertz CT molecular complexity index is 990. The van der Waals surface area contributed by atoms with Crippen LogP contribution in [0.4, 0.5) is 11.4 Å². The smallest absolute Gasteiger partial charge is 0.340 e. The molecule has 7 nitrogen and oxygen atoms in total. The van der Waals surface area contributed by atoms with Gasteiger partial charge in [0.15, 0.2) is 0 Å². The van der Waals surface area contributed by atoms with Crippen LogP contribution >= 0.6 is 22.9 Å². The molecule has 1 aromatic heterocycles. The standard InChI is InChI=1S/C17H12ClN3O4S/c18-14-4-2-1-3-12(14)16-20-10(9-26-16)8-25-17(22)13-6-5-11(21(23)24)7-15(13)19/h1-7,9H,8,19H2. The Hall–Kier alpha value is -2.97. The van der Waals surface area contributed by atoms with Gasteiger partial charge in [-0.3, -0.25) is 10.1 Å². The van der Waals surface area contributed by atoms with Crippen LogP contribution in [0, 0.1) is 10.1 Å². The number of hydrogen-bond donors (Lipinski definition) is 1. The number of thiazole rings is 1. The summed E-state index contributed by atoms with van der Waals surface area (Å²) in [5.41, 5.74) is 6.92. The van der Waals surface area contributed by atoms with Crippen LogP contribution in [-0.2, 0) is 11.3 Å². The molecule has 0 saturated heterocycles. The molecule has 0 aliphatic carbocycles. The molecule has 132 valence electrons. The third-order valence-electron chi connectivity index (χ3n) is 3.47. The van der Waals surface area contributed by atoms with Gasteiger partial charge >= 0.3 is 5.97 Å². The number of nitrogens with two attached hydrogens (primary N) is 1. The highest BCUT2D eigenvalue weighted by Gasteiger charge is 2.16. The summed E-state index contributed by atoms with van der Waals surface area (Å²) < 4.78 is 5.20. The van der Waals surface area contributed by atoms with Gasteiger partial charge in [0.1, 0.15) is 11.6 Å². The number of nitro groups is 1. The fraction of sp³-hybridized carbons (Fsp3) is 0.0588. The van der Waals surface area contributed by atoms with Gasteiger partial charge in [-0.25, -0.2) is 9.78 Å². The van der Waals surface area contributed by atoms with Crippen LogP contribution in [0.3, 0.4) is 0 Å². The normalized spacial score (nSPS) is 10.5. The molecule has 0 bridgehead atoms. The molecule has 2 aromatic carbocycles. The molecule has 26 heavy (non-hydrogen) atoms. The molecule has 0 aliphatic rings. The second-order valence-electron chi connectivity index (χ2n) is 5.23. The van der Waals surface area contributed by atoms with Crippen molar-refractivity contribution in [1.29, 1.82) is 0 Å². The Kier molecular flexibility index (Phi) is 5.15. The number of nitrogen functional groups attached to an aromatic ring is 1. The van der Waals surface area contributed by atoms with Crippen LogP contribution < -0.4 is 5.73 Å². The molecule has 9 heteroatoms. The molecule has 0 aliphatic heterocycles. The van der Waals surface area contributed by atoms with Gasteiger partial charge in [0.05, 0.1) is 26.9 Å². The van der Waals surface area contributed by atoms with Crippen LogP contribution in [0.2, 0.25) is 5.02 Å². The van der Waals surface area contributed by atoms with Crippen molar-refractivity contribution < 1.29 is 14.5 Å². The quantitative estimate of drug-likeness (QED) is 0.301. The van der Waals surface area contributed by atoms with Crippen molar-refractivity contribution in [3.8, 4) is 10.6 Å². The highest BCUT2D eigenvalue weighted by molar-refractivity contribution is 7.13. The zero-order valence-electron chi connectivity index (χ0n) is 13.2. The summed E-state index contributed by atoms with van der Waals surface area (Å²) in [5.74, 6) is -0.676. The molecular weight excluding hydrogens is 378 g/mol. The number of carbonyl (C=O) groups excluding carboxylic acids is 1. The first-order chi connectivity index (χ1) is 12.5. The maximum Gasteiger partial charge on any atom is 0.340 e. The van der Waals surface area contributed by atoms with Crippen molar-refractivity contribution in [2.75, 3.05) is 5.73 Å². The lowest BCUT2D eigenvalue weighted by molar-refractivity contribution is -0.384.